The minimum Gasteiger partial charge on any atom is -0.481 e. The van der Waals surface area contributed by atoms with Crippen molar-refractivity contribution in [1.82, 2.24) is 19.1 Å². The summed E-state index contributed by atoms with van der Waals surface area (Å²) in [5.74, 6) is -4.80. The maximum atomic E-state index is 12.3. The van der Waals surface area contributed by atoms with Gasteiger partial charge in [0.25, 0.3) is 0 Å². The van der Waals surface area contributed by atoms with E-state index in [0.29, 0.717) is 25.7 Å². The average Bonchev–Trinajstić information content (AvgIpc) is 3.65. The molecular formula is C26H36N4O10S. The summed E-state index contributed by atoms with van der Waals surface area (Å²) < 4.78 is 27.7. The number of para-hydroxylation sites is 1. The lowest BCUT2D eigenvalue weighted by molar-refractivity contribution is -0.170. The number of aliphatic carboxylic acids is 3. The van der Waals surface area contributed by atoms with E-state index in [1.165, 1.54) is 5.56 Å². The summed E-state index contributed by atoms with van der Waals surface area (Å²) >= 11 is 0. The Hall–Kier alpha value is -3.53. The second-order valence-electron chi connectivity index (χ2n) is 10.2. The Labute approximate surface area is 237 Å². The van der Waals surface area contributed by atoms with Gasteiger partial charge in [0.15, 0.2) is 5.60 Å². The monoisotopic (exact) mass is 596 g/mol. The number of nitrogens with one attached hydrogen (secondary N) is 1. The van der Waals surface area contributed by atoms with Crippen LogP contribution in [-0.4, -0.2) is 110 Å². The molecule has 1 aliphatic carbocycles. The fraction of sp³-hybridized carbons (Fsp3) is 0.538. The third-order valence-corrected chi connectivity index (χ3v) is 8.78. The van der Waals surface area contributed by atoms with E-state index in [9.17, 15) is 27.6 Å². The molecule has 226 valence electrons. The number of amides is 1. The number of carboxylic acids is 3. The number of sulfonamides is 1. The Balaban J connectivity index is 0.000000302. The number of carbonyl (C=O) groups excluding carboxylic acids is 1. The second-order valence-corrected chi connectivity index (χ2v) is 12.5. The fourth-order valence-corrected chi connectivity index (χ4v) is 5.62. The third kappa shape index (κ3) is 8.98. The van der Waals surface area contributed by atoms with E-state index >= 15 is 0 Å². The van der Waals surface area contributed by atoms with Crippen LogP contribution in [0.2, 0.25) is 0 Å². The molecular weight excluding hydrogens is 560 g/mol. The molecule has 0 spiro atoms. The third-order valence-electron chi connectivity index (χ3n) is 6.90. The molecule has 2 aromatic rings. The molecule has 41 heavy (non-hydrogen) atoms. The molecule has 1 saturated carbocycles. The molecule has 2 heterocycles. The first-order chi connectivity index (χ1) is 19.2. The predicted molar refractivity (Wildman–Crippen MR) is 147 cm³/mol. The number of fused-ring (bicyclic) bond motifs is 1. The summed E-state index contributed by atoms with van der Waals surface area (Å²) in [6, 6.07) is 8.53. The summed E-state index contributed by atoms with van der Waals surface area (Å²) in [5.41, 5.74) is -0.491. The van der Waals surface area contributed by atoms with Gasteiger partial charge in [-0.3, -0.25) is 19.3 Å². The minimum atomic E-state index is -3.11. The molecule has 1 saturated heterocycles. The largest absolute Gasteiger partial charge is 0.481 e. The van der Waals surface area contributed by atoms with E-state index in [1.807, 2.05) is 16.7 Å². The molecule has 1 aromatic carbocycles. The van der Waals surface area contributed by atoms with Crippen molar-refractivity contribution in [2.45, 2.75) is 57.3 Å². The number of rotatable bonds is 12. The van der Waals surface area contributed by atoms with Crippen LogP contribution in [0.5, 0.6) is 0 Å². The smallest absolute Gasteiger partial charge is 0.336 e. The van der Waals surface area contributed by atoms with Crippen molar-refractivity contribution < 1.29 is 48.0 Å². The van der Waals surface area contributed by atoms with Gasteiger partial charge in [0.1, 0.15) is 6.54 Å². The number of aliphatic hydroxyl groups is 1. The van der Waals surface area contributed by atoms with Crippen molar-refractivity contribution in [3.8, 4) is 0 Å². The molecule has 1 amide bonds. The average molecular weight is 597 g/mol. The Bertz CT molecular complexity index is 1360. The fourth-order valence-electron chi connectivity index (χ4n) is 4.54. The van der Waals surface area contributed by atoms with Gasteiger partial charge in [-0.05, 0) is 31.4 Å². The van der Waals surface area contributed by atoms with Crippen LogP contribution >= 0.6 is 0 Å². The van der Waals surface area contributed by atoms with E-state index < -0.39 is 46.4 Å². The molecule has 0 unspecified atom stereocenters. The van der Waals surface area contributed by atoms with Gasteiger partial charge in [0, 0.05) is 55.9 Å². The molecule has 2 aliphatic rings. The molecule has 1 aromatic heterocycles. The first-order valence-corrected chi connectivity index (χ1v) is 14.8. The van der Waals surface area contributed by atoms with Crippen LogP contribution in [0.4, 0.5) is 0 Å². The lowest BCUT2D eigenvalue weighted by Gasteiger charge is -2.33. The van der Waals surface area contributed by atoms with Crippen LogP contribution in [-0.2, 0) is 42.3 Å². The number of carbonyl (C=O) groups is 4. The van der Waals surface area contributed by atoms with Gasteiger partial charge in [-0.15, -0.1) is 0 Å². The second kappa shape index (κ2) is 13.4. The Morgan fingerprint density at radius 3 is 2.07 bits per heavy atom. The number of nitrogens with zero attached hydrogens (tertiary/aromatic N) is 3. The molecule has 15 heteroatoms. The highest BCUT2D eigenvalue weighted by Crippen LogP contribution is 2.24. The van der Waals surface area contributed by atoms with Gasteiger partial charge in [-0.1, -0.05) is 18.2 Å². The number of carboxylic acid groups (broad SMARTS) is 3. The van der Waals surface area contributed by atoms with Gasteiger partial charge in [-0.2, -0.15) is 4.31 Å². The highest BCUT2D eigenvalue weighted by atomic mass is 32.2. The van der Waals surface area contributed by atoms with E-state index in [4.69, 9.17) is 20.4 Å². The normalized spacial score (nSPS) is 16.5. The van der Waals surface area contributed by atoms with Gasteiger partial charge in [0.2, 0.25) is 15.9 Å². The summed E-state index contributed by atoms with van der Waals surface area (Å²) in [4.78, 5) is 45.0. The van der Waals surface area contributed by atoms with Crippen molar-refractivity contribution >= 4 is 44.7 Å². The summed E-state index contributed by atoms with van der Waals surface area (Å²) in [6.07, 6.45) is 1.96. The summed E-state index contributed by atoms with van der Waals surface area (Å²) in [7, 11) is -3.11. The quantitative estimate of drug-likeness (QED) is 0.223. The lowest BCUT2D eigenvalue weighted by Crippen LogP contribution is -2.48. The Morgan fingerprint density at radius 1 is 0.976 bits per heavy atom. The Morgan fingerprint density at radius 2 is 1.56 bits per heavy atom. The van der Waals surface area contributed by atoms with Crippen molar-refractivity contribution in [1.29, 1.82) is 0 Å². The molecule has 0 bridgehead atoms. The number of benzene rings is 1. The minimum absolute atomic E-state index is 0.0631. The van der Waals surface area contributed by atoms with Gasteiger partial charge < -0.3 is 30.3 Å². The van der Waals surface area contributed by atoms with Crippen molar-refractivity contribution in [3.63, 3.8) is 0 Å². The maximum Gasteiger partial charge on any atom is 0.336 e. The number of hydrogen-bond donors (Lipinski definition) is 5. The molecule has 4 rings (SSSR count). The number of piperazine rings is 1. The predicted octanol–water partition coefficient (Wildman–Crippen LogP) is 0.139. The van der Waals surface area contributed by atoms with Crippen molar-refractivity contribution in [2.75, 3.05) is 31.9 Å². The van der Waals surface area contributed by atoms with Crippen molar-refractivity contribution in [2.24, 2.45) is 0 Å². The topological polar surface area (TPSA) is 207 Å². The lowest BCUT2D eigenvalue weighted by atomic mass is 9.96. The van der Waals surface area contributed by atoms with Gasteiger partial charge in [-0.25, -0.2) is 13.2 Å². The first kappa shape index (κ1) is 32.0. The van der Waals surface area contributed by atoms with E-state index in [-0.39, 0.29) is 11.7 Å². The van der Waals surface area contributed by atoms with Crippen LogP contribution in [0.25, 0.3) is 10.9 Å². The van der Waals surface area contributed by atoms with Gasteiger partial charge >= 0.3 is 17.9 Å². The number of hydrogen-bond acceptors (Lipinski definition) is 8. The van der Waals surface area contributed by atoms with E-state index in [2.05, 4.69) is 28.5 Å². The zero-order valence-electron chi connectivity index (χ0n) is 22.7. The maximum absolute atomic E-state index is 12.3. The molecule has 1 aliphatic heterocycles. The summed E-state index contributed by atoms with van der Waals surface area (Å²) in [6.45, 7) is 5.31. The molecule has 0 radical (unpaired) electrons. The van der Waals surface area contributed by atoms with Crippen LogP contribution in [0.3, 0.4) is 0 Å². The molecule has 0 atom stereocenters. The highest BCUT2D eigenvalue weighted by molar-refractivity contribution is 7.89. The standard InChI is InChI=1S/C20H28N4O3S.C6H8O7/c1-2-28(26,27)24-11-9-22(10-12-24)13-16-14-23(15-20(25)21-17-7-8-17)19-6-4-3-5-18(16)19;7-3(8)1-6(13,5(11)12)2-4(9)10/h3-6,14,17H,2,7-13,15H2,1H3,(H,21,25);13H,1-2H2,(H,7,8)(H,9,10)(H,11,12). The van der Waals surface area contributed by atoms with Crippen LogP contribution < -0.4 is 5.32 Å². The van der Waals surface area contributed by atoms with E-state index in [0.717, 1.165) is 43.4 Å². The number of aromatic nitrogens is 1. The van der Waals surface area contributed by atoms with Gasteiger partial charge in [0.05, 0.1) is 18.6 Å². The molecule has 14 nitrogen and oxygen atoms in total. The Kier molecular flexibility index (Phi) is 10.5. The highest BCUT2D eigenvalue weighted by Gasteiger charge is 2.40. The van der Waals surface area contributed by atoms with Crippen LogP contribution in [0.15, 0.2) is 30.5 Å². The SMILES string of the molecule is CCS(=O)(=O)N1CCN(Cc2cn(CC(=O)NC3CC3)c3ccccc23)CC1.O=C(O)CC(O)(CC(=O)O)C(=O)O. The van der Waals surface area contributed by atoms with E-state index in [1.54, 1.807) is 11.2 Å². The van der Waals surface area contributed by atoms with Crippen LogP contribution in [0.1, 0.15) is 38.2 Å². The summed E-state index contributed by atoms with van der Waals surface area (Å²) in [5, 5.41) is 38.0. The van der Waals surface area contributed by atoms with Crippen molar-refractivity contribution in [3.05, 3.63) is 36.0 Å². The zero-order chi connectivity index (χ0) is 30.4. The zero-order valence-corrected chi connectivity index (χ0v) is 23.5. The first-order valence-electron chi connectivity index (χ1n) is 13.2. The molecule has 5 N–H and O–H groups in total. The molecule has 2 fully saturated rings. The van der Waals surface area contributed by atoms with Crippen LogP contribution in [0, 0.1) is 0 Å².